The molecule has 1 N–H and O–H groups in total. The second kappa shape index (κ2) is 4.41. The zero-order valence-electron chi connectivity index (χ0n) is 11.8. The maximum atomic E-state index is 11.8. The summed E-state index contributed by atoms with van der Waals surface area (Å²) in [7, 11) is -1.73. The van der Waals surface area contributed by atoms with Gasteiger partial charge in [-0.15, -0.1) is 0 Å². The molecule has 0 unspecified atom stereocenters. The fraction of sp³-hybridized carbons (Fsp3) is 0.636. The number of rotatable bonds is 3. The Morgan fingerprint density at radius 1 is 1.12 bits per heavy atom. The third-order valence-corrected chi connectivity index (χ3v) is 6.74. The van der Waals surface area contributed by atoms with Gasteiger partial charge in [0.05, 0.1) is 15.2 Å². The van der Waals surface area contributed by atoms with Crippen LogP contribution >= 0.6 is 0 Å². The van der Waals surface area contributed by atoms with E-state index >= 15 is 0 Å². The van der Waals surface area contributed by atoms with Crippen LogP contribution in [-0.4, -0.2) is 39.4 Å². The smallest absolute Gasteiger partial charge is 0.358 e. The van der Waals surface area contributed by atoms with Gasteiger partial charge in [-0.25, -0.2) is 4.79 Å². The van der Waals surface area contributed by atoms with Crippen LogP contribution in [0.5, 0.6) is 0 Å². The van der Waals surface area contributed by atoms with Crippen molar-refractivity contribution < 1.29 is 9.53 Å². The molecule has 0 spiro atoms. The summed E-state index contributed by atoms with van der Waals surface area (Å²) < 4.78 is 4.81. The molecule has 0 fully saturated rings. The summed E-state index contributed by atoms with van der Waals surface area (Å²) in [5, 5.41) is 9.61. The summed E-state index contributed by atoms with van der Waals surface area (Å²) in [5.41, 5.74) is 0.490. The first-order chi connectivity index (χ1) is 7.59. The van der Waals surface area contributed by atoms with Gasteiger partial charge >= 0.3 is 5.97 Å². The first-order valence-electron chi connectivity index (χ1n) is 5.76. The van der Waals surface area contributed by atoms with Crippen molar-refractivity contribution >= 4 is 32.6 Å². The molecule has 0 bridgehead atoms. The number of nitrogens with zero attached hydrogens (tertiary/aromatic N) is 1. The van der Waals surface area contributed by atoms with E-state index in [9.17, 15) is 4.79 Å². The standard InChI is InChI=1S/C11H22N2O2Si2/c1-15-11(14)8-9(16(2,3)4)10(13-12-8)17(5,6)7/h1-7H3,(H,12,13). The molecule has 6 heteroatoms. The monoisotopic (exact) mass is 270 g/mol. The topological polar surface area (TPSA) is 55.0 Å². The third kappa shape index (κ3) is 2.87. The van der Waals surface area contributed by atoms with E-state index in [0.29, 0.717) is 5.69 Å². The number of aromatic nitrogens is 2. The summed E-state index contributed by atoms with van der Waals surface area (Å²) in [6, 6.07) is 0. The Kier molecular flexibility index (Phi) is 3.68. The minimum Gasteiger partial charge on any atom is -0.464 e. The third-order valence-electron chi connectivity index (χ3n) is 2.65. The van der Waals surface area contributed by atoms with E-state index in [1.165, 1.54) is 12.4 Å². The largest absolute Gasteiger partial charge is 0.464 e. The highest BCUT2D eigenvalue weighted by Gasteiger charge is 2.35. The van der Waals surface area contributed by atoms with Gasteiger partial charge in [-0.1, -0.05) is 39.3 Å². The van der Waals surface area contributed by atoms with Gasteiger partial charge in [0.1, 0.15) is 8.07 Å². The number of hydrogen-bond donors (Lipinski definition) is 1. The highest BCUT2D eigenvalue weighted by molar-refractivity contribution is 6.98. The average Bonchev–Trinajstić information content (AvgIpc) is 2.59. The van der Waals surface area contributed by atoms with E-state index in [4.69, 9.17) is 4.74 Å². The van der Waals surface area contributed by atoms with E-state index in [0.717, 1.165) is 5.19 Å². The molecule has 0 aliphatic rings. The lowest BCUT2D eigenvalue weighted by Crippen LogP contribution is -2.57. The maximum absolute atomic E-state index is 11.8. The fourth-order valence-electron chi connectivity index (χ4n) is 1.86. The highest BCUT2D eigenvalue weighted by atomic mass is 28.3. The molecule has 0 amide bonds. The van der Waals surface area contributed by atoms with Gasteiger partial charge < -0.3 is 4.74 Å². The van der Waals surface area contributed by atoms with Crippen molar-refractivity contribution in [3.05, 3.63) is 5.69 Å². The second-order valence-corrected chi connectivity index (χ2v) is 16.3. The second-order valence-electron chi connectivity index (χ2n) is 6.31. The van der Waals surface area contributed by atoms with Crippen molar-refractivity contribution in [3.63, 3.8) is 0 Å². The first kappa shape index (κ1) is 14.2. The highest BCUT2D eigenvalue weighted by Crippen LogP contribution is 2.09. The van der Waals surface area contributed by atoms with Gasteiger partial charge in [-0.3, -0.25) is 5.10 Å². The summed E-state index contributed by atoms with van der Waals surface area (Å²) >= 11 is 0. The Morgan fingerprint density at radius 2 is 1.65 bits per heavy atom. The zero-order valence-corrected chi connectivity index (χ0v) is 13.8. The van der Waals surface area contributed by atoms with Crippen LogP contribution in [0.1, 0.15) is 10.5 Å². The molecule has 1 aromatic heterocycles. The molecule has 0 aromatic carbocycles. The average molecular weight is 270 g/mol. The molecule has 0 aliphatic carbocycles. The van der Waals surface area contributed by atoms with Crippen molar-refractivity contribution in [2.75, 3.05) is 7.11 Å². The number of carbonyl (C=O) groups is 1. The zero-order chi connectivity index (χ0) is 13.4. The number of hydrogen-bond acceptors (Lipinski definition) is 3. The Labute approximate surface area is 105 Å². The van der Waals surface area contributed by atoms with Crippen LogP contribution in [0.15, 0.2) is 0 Å². The number of carbonyl (C=O) groups excluding carboxylic acids is 1. The molecule has 1 heterocycles. The summed E-state index contributed by atoms with van der Waals surface area (Å²) in [4.78, 5) is 11.8. The van der Waals surface area contributed by atoms with Gasteiger partial charge in [-0.2, -0.15) is 5.10 Å². The van der Waals surface area contributed by atoms with Gasteiger partial charge in [0, 0.05) is 5.32 Å². The maximum Gasteiger partial charge on any atom is 0.358 e. The van der Waals surface area contributed by atoms with Crippen LogP contribution in [-0.2, 0) is 4.74 Å². The normalized spacial score (nSPS) is 12.6. The minimum absolute atomic E-state index is 0.330. The number of methoxy groups -OCH3 is 1. The molecule has 0 atom stereocenters. The predicted octanol–water partition coefficient (Wildman–Crippen LogP) is 1.29. The Morgan fingerprint density at radius 3 is 2.00 bits per heavy atom. The van der Waals surface area contributed by atoms with Crippen molar-refractivity contribution in [2.45, 2.75) is 39.3 Å². The van der Waals surface area contributed by atoms with Crippen LogP contribution in [0.3, 0.4) is 0 Å². The number of ether oxygens (including phenoxy) is 1. The van der Waals surface area contributed by atoms with Crippen LogP contribution in [0.25, 0.3) is 0 Å². The molecule has 0 radical (unpaired) electrons. The first-order valence-corrected chi connectivity index (χ1v) is 12.8. The predicted molar refractivity (Wildman–Crippen MR) is 75.9 cm³/mol. The molecule has 0 saturated heterocycles. The lowest BCUT2D eigenvalue weighted by molar-refractivity contribution is 0.0595. The Balaban J connectivity index is 3.47. The summed E-state index contributed by atoms with van der Waals surface area (Å²) in [6.45, 7) is 13.5. The molecule has 0 aliphatic heterocycles. The van der Waals surface area contributed by atoms with Gasteiger partial charge in [0.2, 0.25) is 0 Å². The Bertz CT molecular complexity index is 428. The molecular weight excluding hydrogens is 248 g/mol. The van der Waals surface area contributed by atoms with Crippen LogP contribution in [0.2, 0.25) is 39.3 Å². The van der Waals surface area contributed by atoms with E-state index in [2.05, 4.69) is 49.5 Å². The molecule has 0 saturated carbocycles. The van der Waals surface area contributed by atoms with Crippen LogP contribution in [0.4, 0.5) is 0 Å². The van der Waals surface area contributed by atoms with Crippen molar-refractivity contribution in [3.8, 4) is 0 Å². The van der Waals surface area contributed by atoms with Crippen LogP contribution < -0.4 is 10.5 Å². The van der Waals surface area contributed by atoms with Crippen LogP contribution in [0, 0.1) is 0 Å². The van der Waals surface area contributed by atoms with Crippen molar-refractivity contribution in [2.24, 2.45) is 0 Å². The number of nitrogens with one attached hydrogen (secondary N) is 1. The summed E-state index contributed by atoms with van der Waals surface area (Å²) in [6.07, 6.45) is 0. The minimum atomic E-state index is -1.62. The van der Waals surface area contributed by atoms with Gasteiger partial charge in [0.25, 0.3) is 0 Å². The lowest BCUT2D eigenvalue weighted by Gasteiger charge is -2.23. The fourth-order valence-corrected chi connectivity index (χ4v) is 7.04. The van der Waals surface area contributed by atoms with Gasteiger partial charge in [-0.05, 0) is 5.19 Å². The van der Waals surface area contributed by atoms with E-state index in [-0.39, 0.29) is 5.97 Å². The lowest BCUT2D eigenvalue weighted by atomic mass is 10.4. The molecular formula is C11H22N2O2Si2. The van der Waals surface area contributed by atoms with Gasteiger partial charge in [0.15, 0.2) is 5.69 Å². The molecule has 17 heavy (non-hydrogen) atoms. The number of esters is 1. The quantitative estimate of drug-likeness (QED) is 0.665. The Hall–Kier alpha value is -0.886. The summed E-state index contributed by atoms with van der Waals surface area (Å²) in [5.74, 6) is -0.330. The molecule has 1 rings (SSSR count). The molecule has 4 nitrogen and oxygen atoms in total. The van der Waals surface area contributed by atoms with Crippen molar-refractivity contribution in [1.82, 2.24) is 10.2 Å². The van der Waals surface area contributed by atoms with E-state index in [1.54, 1.807) is 0 Å². The van der Waals surface area contributed by atoms with E-state index < -0.39 is 16.1 Å². The SMILES string of the molecule is COC(=O)c1n[nH]c([Si](C)(C)C)c1[Si](C)(C)C. The molecule has 1 aromatic rings. The number of aromatic amines is 1. The molecule has 96 valence electrons. The van der Waals surface area contributed by atoms with Crippen molar-refractivity contribution in [1.29, 1.82) is 0 Å². The van der Waals surface area contributed by atoms with E-state index in [1.807, 2.05) is 0 Å². The number of H-pyrrole nitrogens is 1.